The molecule has 0 amide bonds. The molecule has 0 radical (unpaired) electrons. The first kappa shape index (κ1) is 17.7. The van der Waals surface area contributed by atoms with Gasteiger partial charge in [0, 0.05) is 11.1 Å². The van der Waals surface area contributed by atoms with E-state index in [1.807, 2.05) is 91.0 Å². The molecule has 0 bridgehead atoms. The van der Waals surface area contributed by atoms with Crippen LogP contribution in [0.4, 0.5) is 0 Å². The van der Waals surface area contributed by atoms with Gasteiger partial charge in [-0.15, -0.1) is 0 Å². The van der Waals surface area contributed by atoms with Crippen LogP contribution in [0.15, 0.2) is 103 Å². The molecule has 4 aromatic rings. The fourth-order valence-electron chi connectivity index (χ4n) is 3.32. The van der Waals surface area contributed by atoms with Gasteiger partial charge in [0.2, 0.25) is 0 Å². The Hall–Kier alpha value is -3.65. The molecule has 4 rings (SSSR count). The lowest BCUT2D eigenvalue weighted by atomic mass is 9.91. The van der Waals surface area contributed by atoms with E-state index in [9.17, 15) is 4.79 Å². The molecule has 0 saturated carbocycles. The Balaban J connectivity index is 1.85. The summed E-state index contributed by atoms with van der Waals surface area (Å²) in [7, 11) is 1.66. The largest absolute Gasteiger partial charge is 0.497 e. The molecule has 0 unspecified atom stereocenters. The highest BCUT2D eigenvalue weighted by atomic mass is 16.5. The molecule has 0 aromatic heterocycles. The molecule has 28 heavy (non-hydrogen) atoms. The van der Waals surface area contributed by atoms with Crippen LogP contribution in [0.1, 0.15) is 15.9 Å². The van der Waals surface area contributed by atoms with E-state index in [1.54, 1.807) is 7.11 Å². The Morgan fingerprint density at radius 3 is 1.86 bits per heavy atom. The van der Waals surface area contributed by atoms with Crippen LogP contribution in [0.5, 0.6) is 5.75 Å². The Kier molecular flexibility index (Phi) is 5.03. The fraction of sp³-hybridized carbons (Fsp3) is 0.0385. The van der Waals surface area contributed by atoms with Crippen LogP contribution in [0, 0.1) is 0 Å². The number of ketones is 1. The van der Waals surface area contributed by atoms with E-state index in [4.69, 9.17) is 4.74 Å². The number of carbonyl (C=O) groups excluding carboxylic acids is 1. The van der Waals surface area contributed by atoms with Crippen molar-refractivity contribution in [3.05, 3.63) is 114 Å². The lowest BCUT2D eigenvalue weighted by Gasteiger charge is -2.13. The van der Waals surface area contributed by atoms with Gasteiger partial charge in [0.15, 0.2) is 5.78 Å². The van der Waals surface area contributed by atoms with Crippen molar-refractivity contribution < 1.29 is 9.53 Å². The van der Waals surface area contributed by atoms with Crippen molar-refractivity contribution in [2.24, 2.45) is 0 Å². The number of carbonyl (C=O) groups is 1. The first-order valence-electron chi connectivity index (χ1n) is 9.20. The lowest BCUT2D eigenvalue weighted by Crippen LogP contribution is -2.01. The van der Waals surface area contributed by atoms with Crippen molar-refractivity contribution in [1.82, 2.24) is 0 Å². The summed E-state index contributed by atoms with van der Waals surface area (Å²) in [5.74, 6) is 0.830. The van der Waals surface area contributed by atoms with Gasteiger partial charge in [-0.2, -0.15) is 0 Å². The van der Waals surface area contributed by atoms with Crippen LogP contribution in [0.2, 0.25) is 0 Å². The molecule has 0 aliphatic rings. The van der Waals surface area contributed by atoms with Gasteiger partial charge in [0.05, 0.1) is 7.11 Å². The van der Waals surface area contributed by atoms with Crippen molar-refractivity contribution in [3.63, 3.8) is 0 Å². The second kappa shape index (κ2) is 7.93. The van der Waals surface area contributed by atoms with E-state index in [1.165, 1.54) is 0 Å². The van der Waals surface area contributed by atoms with E-state index in [2.05, 4.69) is 12.1 Å². The lowest BCUT2D eigenvalue weighted by molar-refractivity contribution is 0.103. The van der Waals surface area contributed by atoms with Crippen molar-refractivity contribution in [2.45, 2.75) is 0 Å². The maximum atomic E-state index is 13.0. The van der Waals surface area contributed by atoms with Crippen molar-refractivity contribution >= 4 is 5.78 Å². The summed E-state index contributed by atoms with van der Waals surface area (Å²) >= 11 is 0. The number of rotatable bonds is 5. The summed E-state index contributed by atoms with van der Waals surface area (Å²) in [6, 6.07) is 33.5. The highest BCUT2D eigenvalue weighted by molar-refractivity contribution is 6.10. The zero-order valence-corrected chi connectivity index (χ0v) is 15.6. The average Bonchev–Trinajstić information content (AvgIpc) is 2.79. The summed E-state index contributed by atoms with van der Waals surface area (Å²) in [6.07, 6.45) is 0. The van der Waals surface area contributed by atoms with Crippen LogP contribution in [0.3, 0.4) is 0 Å². The number of ether oxygens (including phenoxy) is 1. The zero-order valence-electron chi connectivity index (χ0n) is 15.6. The zero-order chi connectivity index (χ0) is 19.3. The van der Waals surface area contributed by atoms with E-state index in [-0.39, 0.29) is 5.78 Å². The average molecular weight is 364 g/mol. The van der Waals surface area contributed by atoms with Gasteiger partial charge < -0.3 is 4.74 Å². The summed E-state index contributed by atoms with van der Waals surface area (Å²) < 4.78 is 5.29. The SMILES string of the molecule is COc1ccc(-c2cc(C(=O)c3ccccc3)ccc2-c2ccccc2)cc1. The second-order valence-corrected chi connectivity index (χ2v) is 6.55. The molecule has 136 valence electrons. The third kappa shape index (κ3) is 3.58. The first-order valence-corrected chi connectivity index (χ1v) is 9.20. The van der Waals surface area contributed by atoms with Gasteiger partial charge in [0.25, 0.3) is 0 Å². The van der Waals surface area contributed by atoms with Crippen LogP contribution < -0.4 is 4.74 Å². The Morgan fingerprint density at radius 2 is 1.21 bits per heavy atom. The molecule has 2 nitrogen and oxygen atoms in total. The molecule has 0 saturated heterocycles. The van der Waals surface area contributed by atoms with E-state index < -0.39 is 0 Å². The van der Waals surface area contributed by atoms with Gasteiger partial charge in [0.1, 0.15) is 5.75 Å². The Labute approximate surface area is 165 Å². The summed E-state index contributed by atoms with van der Waals surface area (Å²) in [5.41, 5.74) is 5.65. The van der Waals surface area contributed by atoms with Gasteiger partial charge in [-0.25, -0.2) is 0 Å². The summed E-state index contributed by atoms with van der Waals surface area (Å²) in [5, 5.41) is 0. The molecule has 2 heteroatoms. The molecule has 0 spiro atoms. The van der Waals surface area contributed by atoms with Crippen LogP contribution >= 0.6 is 0 Å². The monoisotopic (exact) mass is 364 g/mol. The number of benzene rings is 4. The minimum absolute atomic E-state index is 0.0231. The standard InChI is InChI=1S/C26H20O2/c1-28-23-15-12-20(13-16-23)25-18-22(26(27)21-10-6-3-7-11-21)14-17-24(25)19-8-4-2-5-9-19/h2-18H,1H3. The number of hydrogen-bond donors (Lipinski definition) is 0. The predicted molar refractivity (Wildman–Crippen MR) is 114 cm³/mol. The molecule has 4 aromatic carbocycles. The quantitative estimate of drug-likeness (QED) is 0.391. The van der Waals surface area contributed by atoms with Crippen molar-refractivity contribution in [1.29, 1.82) is 0 Å². The summed E-state index contributed by atoms with van der Waals surface area (Å²) in [4.78, 5) is 13.0. The summed E-state index contributed by atoms with van der Waals surface area (Å²) in [6.45, 7) is 0. The fourth-order valence-corrected chi connectivity index (χ4v) is 3.32. The van der Waals surface area contributed by atoms with Crippen LogP contribution in [-0.2, 0) is 0 Å². The van der Waals surface area contributed by atoms with Gasteiger partial charge in [-0.05, 0) is 40.5 Å². The Bertz CT molecular complexity index is 1080. The van der Waals surface area contributed by atoms with Crippen molar-refractivity contribution in [2.75, 3.05) is 7.11 Å². The maximum Gasteiger partial charge on any atom is 0.193 e. The normalized spacial score (nSPS) is 10.5. The molecule has 0 fully saturated rings. The highest BCUT2D eigenvalue weighted by Crippen LogP contribution is 2.34. The molecule has 0 aliphatic heterocycles. The molecule has 0 atom stereocenters. The van der Waals surface area contributed by atoms with Gasteiger partial charge in [-0.1, -0.05) is 84.9 Å². The van der Waals surface area contributed by atoms with Gasteiger partial charge >= 0.3 is 0 Å². The third-order valence-corrected chi connectivity index (χ3v) is 4.80. The highest BCUT2D eigenvalue weighted by Gasteiger charge is 2.14. The van der Waals surface area contributed by atoms with Gasteiger partial charge in [-0.3, -0.25) is 4.79 Å². The number of hydrogen-bond acceptors (Lipinski definition) is 2. The van der Waals surface area contributed by atoms with E-state index in [0.717, 1.165) is 28.0 Å². The second-order valence-electron chi connectivity index (χ2n) is 6.55. The number of methoxy groups -OCH3 is 1. The minimum atomic E-state index is 0.0231. The van der Waals surface area contributed by atoms with E-state index >= 15 is 0 Å². The molecule has 0 heterocycles. The topological polar surface area (TPSA) is 26.3 Å². The Morgan fingerprint density at radius 1 is 0.607 bits per heavy atom. The van der Waals surface area contributed by atoms with Crippen LogP contribution in [0.25, 0.3) is 22.3 Å². The first-order chi connectivity index (χ1) is 13.8. The molecular weight excluding hydrogens is 344 g/mol. The predicted octanol–water partition coefficient (Wildman–Crippen LogP) is 6.26. The van der Waals surface area contributed by atoms with E-state index in [0.29, 0.717) is 11.1 Å². The third-order valence-electron chi connectivity index (χ3n) is 4.80. The molecule has 0 N–H and O–H groups in total. The molecule has 0 aliphatic carbocycles. The minimum Gasteiger partial charge on any atom is -0.497 e. The molecular formula is C26H20O2. The maximum absolute atomic E-state index is 13.0. The van der Waals surface area contributed by atoms with Crippen LogP contribution in [-0.4, -0.2) is 12.9 Å². The van der Waals surface area contributed by atoms with Crippen molar-refractivity contribution in [3.8, 4) is 28.0 Å². The smallest absolute Gasteiger partial charge is 0.193 e.